The molecule has 0 atom stereocenters. The summed E-state index contributed by atoms with van der Waals surface area (Å²) in [5.41, 5.74) is 4.80. The zero-order valence-corrected chi connectivity index (χ0v) is 10.2. The van der Waals surface area contributed by atoms with Gasteiger partial charge in [-0.05, 0) is 42.2 Å². The molecule has 0 spiro atoms. The van der Waals surface area contributed by atoms with E-state index in [4.69, 9.17) is 11.6 Å². The van der Waals surface area contributed by atoms with Gasteiger partial charge in [0, 0.05) is 16.1 Å². The number of benzene rings is 2. The Morgan fingerprint density at radius 3 is 2.65 bits per heavy atom. The van der Waals surface area contributed by atoms with Crippen LogP contribution in [-0.2, 0) is 6.42 Å². The average Bonchev–Trinajstić information content (AvgIpc) is 2.35. The molecular weight excluding hydrogens is 232 g/mol. The lowest BCUT2D eigenvalue weighted by Gasteiger charge is -2.20. The Morgan fingerprint density at radius 1 is 1.06 bits per heavy atom. The molecule has 84 valence electrons. The molecular formula is C15H11ClO. The number of ketones is 1. The summed E-state index contributed by atoms with van der Waals surface area (Å²) >= 11 is 6.11. The van der Waals surface area contributed by atoms with Gasteiger partial charge in [0.1, 0.15) is 0 Å². The van der Waals surface area contributed by atoms with Crippen molar-refractivity contribution in [3.8, 4) is 0 Å². The maximum atomic E-state index is 12.3. The second kappa shape index (κ2) is 3.71. The molecule has 0 aromatic heterocycles. The minimum atomic E-state index is 0.113. The zero-order chi connectivity index (χ0) is 12.0. The van der Waals surface area contributed by atoms with Crippen molar-refractivity contribution in [2.24, 2.45) is 0 Å². The molecule has 0 amide bonds. The first-order chi connectivity index (χ1) is 8.18. The maximum absolute atomic E-state index is 12.3. The predicted octanol–water partition coefficient (Wildman–Crippen LogP) is 3.78. The van der Waals surface area contributed by atoms with Crippen molar-refractivity contribution in [3.63, 3.8) is 0 Å². The highest BCUT2D eigenvalue weighted by atomic mass is 35.5. The lowest BCUT2D eigenvalue weighted by molar-refractivity contribution is 0.103. The van der Waals surface area contributed by atoms with Gasteiger partial charge < -0.3 is 0 Å². The molecule has 1 nitrogen and oxygen atoms in total. The molecule has 0 saturated carbocycles. The van der Waals surface area contributed by atoms with E-state index in [0.29, 0.717) is 0 Å². The van der Waals surface area contributed by atoms with Gasteiger partial charge >= 0.3 is 0 Å². The summed E-state index contributed by atoms with van der Waals surface area (Å²) < 4.78 is 0. The van der Waals surface area contributed by atoms with Crippen molar-refractivity contribution in [3.05, 3.63) is 69.2 Å². The smallest absolute Gasteiger partial charge is 0.193 e. The Hall–Kier alpha value is -1.60. The first-order valence-electron chi connectivity index (χ1n) is 5.59. The average molecular weight is 243 g/mol. The topological polar surface area (TPSA) is 17.1 Å². The van der Waals surface area contributed by atoms with Crippen LogP contribution in [0.25, 0.3) is 0 Å². The summed E-state index contributed by atoms with van der Waals surface area (Å²) in [6, 6.07) is 11.4. The van der Waals surface area contributed by atoms with Gasteiger partial charge in [-0.1, -0.05) is 35.9 Å². The predicted molar refractivity (Wildman–Crippen MR) is 68.9 cm³/mol. The normalized spacial score (nSPS) is 13.2. The third-order valence-corrected chi connectivity index (χ3v) is 3.82. The Labute approximate surface area is 105 Å². The molecule has 2 aromatic carbocycles. The molecule has 0 aliphatic heterocycles. The minimum Gasteiger partial charge on any atom is -0.289 e. The molecule has 1 aliphatic rings. The Bertz CT molecular complexity index is 629. The summed E-state index contributed by atoms with van der Waals surface area (Å²) in [4.78, 5) is 12.3. The van der Waals surface area contributed by atoms with E-state index >= 15 is 0 Å². The van der Waals surface area contributed by atoms with E-state index in [0.717, 1.165) is 39.3 Å². The van der Waals surface area contributed by atoms with E-state index in [1.807, 2.05) is 43.3 Å². The standard InChI is InChI=1S/C15H11ClO/c1-9-13-8-10-4-2-3-5-11(10)15(17)12(13)6-7-14(9)16/h2-7H,8H2,1H3. The highest BCUT2D eigenvalue weighted by molar-refractivity contribution is 6.31. The van der Waals surface area contributed by atoms with Crippen LogP contribution in [0.15, 0.2) is 36.4 Å². The summed E-state index contributed by atoms with van der Waals surface area (Å²) in [6.07, 6.45) is 0.795. The van der Waals surface area contributed by atoms with Crippen LogP contribution >= 0.6 is 11.6 Å². The SMILES string of the molecule is Cc1c(Cl)ccc2c1Cc1ccccc1C2=O. The van der Waals surface area contributed by atoms with Crippen LogP contribution < -0.4 is 0 Å². The van der Waals surface area contributed by atoms with E-state index < -0.39 is 0 Å². The van der Waals surface area contributed by atoms with Crippen LogP contribution in [0, 0.1) is 6.92 Å². The van der Waals surface area contributed by atoms with E-state index in [1.54, 1.807) is 0 Å². The number of carbonyl (C=O) groups excluding carboxylic acids is 1. The van der Waals surface area contributed by atoms with E-state index in [2.05, 4.69) is 0 Å². The second-order valence-electron chi connectivity index (χ2n) is 4.36. The number of carbonyl (C=O) groups is 1. The third-order valence-electron chi connectivity index (χ3n) is 3.41. The quantitative estimate of drug-likeness (QED) is 0.586. The fourth-order valence-electron chi connectivity index (χ4n) is 2.40. The van der Waals surface area contributed by atoms with Gasteiger partial charge in [0.2, 0.25) is 0 Å². The van der Waals surface area contributed by atoms with Crippen LogP contribution in [0.1, 0.15) is 32.6 Å². The van der Waals surface area contributed by atoms with Crippen LogP contribution in [-0.4, -0.2) is 5.78 Å². The molecule has 2 heteroatoms. The highest BCUT2D eigenvalue weighted by Gasteiger charge is 2.24. The Morgan fingerprint density at radius 2 is 1.82 bits per heavy atom. The van der Waals surface area contributed by atoms with Crippen molar-refractivity contribution in [2.45, 2.75) is 13.3 Å². The van der Waals surface area contributed by atoms with Crippen LogP contribution in [0.3, 0.4) is 0 Å². The van der Waals surface area contributed by atoms with Crippen molar-refractivity contribution in [2.75, 3.05) is 0 Å². The number of hydrogen-bond donors (Lipinski definition) is 0. The monoisotopic (exact) mass is 242 g/mol. The van der Waals surface area contributed by atoms with Gasteiger partial charge in [-0.3, -0.25) is 4.79 Å². The fraction of sp³-hybridized carbons (Fsp3) is 0.133. The molecule has 0 N–H and O–H groups in total. The molecule has 2 aromatic rings. The summed E-state index contributed by atoms with van der Waals surface area (Å²) in [7, 11) is 0. The van der Waals surface area contributed by atoms with Gasteiger partial charge in [0.05, 0.1) is 0 Å². The maximum Gasteiger partial charge on any atom is 0.193 e. The van der Waals surface area contributed by atoms with Crippen molar-refractivity contribution in [1.82, 2.24) is 0 Å². The van der Waals surface area contributed by atoms with Gasteiger partial charge in [0.25, 0.3) is 0 Å². The van der Waals surface area contributed by atoms with Crippen molar-refractivity contribution >= 4 is 17.4 Å². The molecule has 0 fully saturated rings. The van der Waals surface area contributed by atoms with Crippen LogP contribution in [0.2, 0.25) is 5.02 Å². The number of hydrogen-bond acceptors (Lipinski definition) is 1. The van der Waals surface area contributed by atoms with Gasteiger partial charge in [0.15, 0.2) is 5.78 Å². The lowest BCUT2D eigenvalue weighted by Crippen LogP contribution is -2.16. The first kappa shape index (κ1) is 10.5. The third kappa shape index (κ3) is 1.50. The van der Waals surface area contributed by atoms with Crippen molar-refractivity contribution < 1.29 is 4.79 Å². The first-order valence-corrected chi connectivity index (χ1v) is 5.97. The highest BCUT2D eigenvalue weighted by Crippen LogP contribution is 2.32. The molecule has 0 saturated heterocycles. The van der Waals surface area contributed by atoms with E-state index in [1.165, 1.54) is 0 Å². The molecule has 17 heavy (non-hydrogen) atoms. The Kier molecular flexibility index (Phi) is 2.30. The lowest BCUT2D eigenvalue weighted by atomic mass is 9.83. The number of halogens is 1. The minimum absolute atomic E-state index is 0.113. The number of rotatable bonds is 0. The fourth-order valence-corrected chi connectivity index (χ4v) is 2.58. The van der Waals surface area contributed by atoms with Crippen LogP contribution in [0.5, 0.6) is 0 Å². The summed E-state index contributed by atoms with van der Waals surface area (Å²) in [5.74, 6) is 0.113. The Balaban J connectivity index is 2.27. The molecule has 3 rings (SSSR count). The molecule has 0 unspecified atom stereocenters. The zero-order valence-electron chi connectivity index (χ0n) is 9.46. The van der Waals surface area contributed by atoms with Gasteiger partial charge in [-0.2, -0.15) is 0 Å². The second-order valence-corrected chi connectivity index (χ2v) is 4.77. The van der Waals surface area contributed by atoms with E-state index in [-0.39, 0.29) is 5.78 Å². The van der Waals surface area contributed by atoms with Gasteiger partial charge in [-0.25, -0.2) is 0 Å². The van der Waals surface area contributed by atoms with Gasteiger partial charge in [-0.15, -0.1) is 0 Å². The largest absolute Gasteiger partial charge is 0.289 e. The molecule has 1 aliphatic carbocycles. The van der Waals surface area contributed by atoms with E-state index in [9.17, 15) is 4.79 Å². The molecule has 0 bridgehead atoms. The summed E-state index contributed by atoms with van der Waals surface area (Å²) in [6.45, 7) is 1.97. The molecule has 0 heterocycles. The van der Waals surface area contributed by atoms with Crippen molar-refractivity contribution in [1.29, 1.82) is 0 Å². The molecule has 0 radical (unpaired) electrons. The summed E-state index contributed by atoms with van der Waals surface area (Å²) in [5, 5.41) is 0.732. The number of fused-ring (bicyclic) bond motifs is 2. The van der Waals surface area contributed by atoms with Crippen LogP contribution in [0.4, 0.5) is 0 Å².